The van der Waals surface area contributed by atoms with Gasteiger partial charge < -0.3 is 9.47 Å². The minimum Gasteiger partial charge on any atom is -0.423 e. The highest BCUT2D eigenvalue weighted by Gasteiger charge is 2.22. The second-order valence-electron chi connectivity index (χ2n) is 9.85. The molecule has 0 atom stereocenters. The molecule has 0 saturated heterocycles. The molecule has 0 N–H and O–H groups in total. The quantitative estimate of drug-likeness (QED) is 0.340. The summed E-state index contributed by atoms with van der Waals surface area (Å²) >= 11 is 0. The first-order chi connectivity index (χ1) is 15.0. The first-order valence-corrected chi connectivity index (χ1v) is 10.7. The molecule has 0 aliphatic carbocycles. The summed E-state index contributed by atoms with van der Waals surface area (Å²) in [5.41, 5.74) is 2.31. The Hall–Kier alpha value is -3.40. The van der Waals surface area contributed by atoms with Crippen LogP contribution in [0, 0.1) is 0 Å². The van der Waals surface area contributed by atoms with Gasteiger partial charge in [-0.2, -0.15) is 0 Å². The van der Waals surface area contributed by atoms with E-state index in [0.29, 0.717) is 22.6 Å². The Morgan fingerprint density at radius 3 is 1.16 bits per heavy atom. The minimum absolute atomic E-state index is 0.159. The molecular formula is C28H30O4. The standard InChI is InChI=1S/C28H30O4/c1-27(2,3)21-11-7-9-13-23(21)31-25(29)19-15-17-20(18-16-19)26(30)32-24-14-10-8-12-22(24)28(4,5)6/h7-18H,1-6H3. The third-order valence-corrected chi connectivity index (χ3v) is 5.15. The van der Waals surface area contributed by atoms with Crippen molar-refractivity contribution in [3.8, 4) is 11.5 Å². The van der Waals surface area contributed by atoms with E-state index in [0.717, 1.165) is 11.1 Å². The maximum absolute atomic E-state index is 12.7. The Bertz CT molecular complexity index is 1020. The van der Waals surface area contributed by atoms with E-state index in [4.69, 9.17) is 9.47 Å². The van der Waals surface area contributed by atoms with Crippen molar-refractivity contribution in [2.75, 3.05) is 0 Å². The molecule has 0 aromatic heterocycles. The Kier molecular flexibility index (Phi) is 6.54. The Morgan fingerprint density at radius 1 is 0.531 bits per heavy atom. The molecule has 0 bridgehead atoms. The normalized spacial score (nSPS) is 11.7. The maximum Gasteiger partial charge on any atom is 0.343 e. The predicted molar refractivity (Wildman–Crippen MR) is 127 cm³/mol. The van der Waals surface area contributed by atoms with Crippen LogP contribution in [-0.2, 0) is 10.8 Å². The van der Waals surface area contributed by atoms with Crippen LogP contribution in [0.25, 0.3) is 0 Å². The molecule has 166 valence electrons. The van der Waals surface area contributed by atoms with Crippen molar-refractivity contribution in [1.29, 1.82) is 0 Å². The molecule has 0 aliphatic heterocycles. The van der Waals surface area contributed by atoms with Gasteiger partial charge in [-0.05, 0) is 47.2 Å². The van der Waals surface area contributed by atoms with Crippen molar-refractivity contribution in [3.63, 3.8) is 0 Å². The van der Waals surface area contributed by atoms with Crippen LogP contribution < -0.4 is 9.47 Å². The fourth-order valence-electron chi connectivity index (χ4n) is 3.41. The van der Waals surface area contributed by atoms with Crippen LogP contribution >= 0.6 is 0 Å². The number of rotatable bonds is 4. The summed E-state index contributed by atoms with van der Waals surface area (Å²) in [7, 11) is 0. The molecule has 4 heteroatoms. The fraction of sp³-hybridized carbons (Fsp3) is 0.286. The van der Waals surface area contributed by atoms with Crippen LogP contribution in [0.1, 0.15) is 73.4 Å². The van der Waals surface area contributed by atoms with Crippen LogP contribution in [0.2, 0.25) is 0 Å². The molecule has 0 radical (unpaired) electrons. The van der Waals surface area contributed by atoms with Gasteiger partial charge >= 0.3 is 11.9 Å². The molecular weight excluding hydrogens is 400 g/mol. The lowest BCUT2D eigenvalue weighted by Gasteiger charge is -2.22. The summed E-state index contributed by atoms with van der Waals surface area (Å²) in [5, 5.41) is 0. The van der Waals surface area contributed by atoms with E-state index in [-0.39, 0.29) is 10.8 Å². The van der Waals surface area contributed by atoms with E-state index in [9.17, 15) is 9.59 Å². The summed E-state index contributed by atoms with van der Waals surface area (Å²) in [6.07, 6.45) is 0. The first-order valence-electron chi connectivity index (χ1n) is 10.7. The summed E-state index contributed by atoms with van der Waals surface area (Å²) in [5.74, 6) is 0.124. The largest absolute Gasteiger partial charge is 0.423 e. The lowest BCUT2D eigenvalue weighted by atomic mass is 9.86. The van der Waals surface area contributed by atoms with Gasteiger partial charge in [-0.1, -0.05) is 77.9 Å². The molecule has 0 heterocycles. The molecule has 0 unspecified atom stereocenters. The maximum atomic E-state index is 12.7. The number of hydrogen-bond acceptors (Lipinski definition) is 4. The monoisotopic (exact) mass is 430 g/mol. The van der Waals surface area contributed by atoms with Crippen molar-refractivity contribution in [3.05, 3.63) is 95.1 Å². The van der Waals surface area contributed by atoms with E-state index in [1.807, 2.05) is 36.4 Å². The number of para-hydroxylation sites is 2. The van der Waals surface area contributed by atoms with Gasteiger partial charge in [0.1, 0.15) is 11.5 Å². The number of carbonyl (C=O) groups is 2. The second-order valence-corrected chi connectivity index (χ2v) is 9.85. The topological polar surface area (TPSA) is 52.6 Å². The smallest absolute Gasteiger partial charge is 0.343 e. The molecule has 0 spiro atoms. The fourth-order valence-corrected chi connectivity index (χ4v) is 3.41. The van der Waals surface area contributed by atoms with Gasteiger partial charge in [0, 0.05) is 11.1 Å². The first kappa shape index (κ1) is 23.3. The average Bonchev–Trinajstić information content (AvgIpc) is 2.73. The second kappa shape index (κ2) is 8.99. The van der Waals surface area contributed by atoms with Crippen molar-refractivity contribution in [2.45, 2.75) is 52.4 Å². The van der Waals surface area contributed by atoms with Crippen LogP contribution in [0.3, 0.4) is 0 Å². The third kappa shape index (κ3) is 5.44. The van der Waals surface area contributed by atoms with E-state index in [1.165, 1.54) is 0 Å². The Labute approximate surface area is 190 Å². The number of benzene rings is 3. The number of esters is 2. The lowest BCUT2D eigenvalue weighted by Crippen LogP contribution is -2.17. The van der Waals surface area contributed by atoms with Gasteiger partial charge in [0.25, 0.3) is 0 Å². The van der Waals surface area contributed by atoms with Gasteiger partial charge in [-0.3, -0.25) is 0 Å². The zero-order valence-electron chi connectivity index (χ0n) is 19.6. The third-order valence-electron chi connectivity index (χ3n) is 5.15. The number of carbonyl (C=O) groups excluding carboxylic acids is 2. The van der Waals surface area contributed by atoms with E-state index in [1.54, 1.807) is 36.4 Å². The van der Waals surface area contributed by atoms with Gasteiger partial charge in [0.2, 0.25) is 0 Å². The molecule has 0 aliphatic rings. The van der Waals surface area contributed by atoms with E-state index >= 15 is 0 Å². The molecule has 4 nitrogen and oxygen atoms in total. The highest BCUT2D eigenvalue weighted by atomic mass is 16.5. The summed E-state index contributed by atoms with van der Waals surface area (Å²) in [6, 6.07) is 21.3. The van der Waals surface area contributed by atoms with Crippen LogP contribution in [-0.4, -0.2) is 11.9 Å². The molecule has 0 amide bonds. The molecule has 3 rings (SSSR count). The Morgan fingerprint density at radius 2 is 0.844 bits per heavy atom. The van der Waals surface area contributed by atoms with Crippen LogP contribution in [0.4, 0.5) is 0 Å². The highest BCUT2D eigenvalue weighted by Crippen LogP contribution is 2.32. The predicted octanol–water partition coefficient (Wildman–Crippen LogP) is 6.72. The SMILES string of the molecule is CC(C)(C)c1ccccc1OC(=O)c1ccc(C(=O)Oc2ccccc2C(C)(C)C)cc1. The van der Waals surface area contributed by atoms with Crippen molar-refractivity contribution < 1.29 is 19.1 Å². The number of hydrogen-bond donors (Lipinski definition) is 0. The summed E-state index contributed by atoms with van der Waals surface area (Å²) in [6.45, 7) is 12.4. The highest BCUT2D eigenvalue weighted by molar-refractivity contribution is 5.95. The average molecular weight is 431 g/mol. The molecule has 0 fully saturated rings. The summed E-state index contributed by atoms with van der Waals surface area (Å²) < 4.78 is 11.3. The van der Waals surface area contributed by atoms with Crippen LogP contribution in [0.5, 0.6) is 11.5 Å². The zero-order valence-corrected chi connectivity index (χ0v) is 19.6. The molecule has 3 aromatic carbocycles. The minimum atomic E-state index is -0.473. The zero-order chi connectivity index (χ0) is 23.5. The summed E-state index contributed by atoms with van der Waals surface area (Å²) in [4.78, 5) is 25.4. The lowest BCUT2D eigenvalue weighted by molar-refractivity contribution is 0.0717. The molecule has 3 aromatic rings. The molecule has 32 heavy (non-hydrogen) atoms. The van der Waals surface area contributed by atoms with E-state index < -0.39 is 11.9 Å². The molecule has 0 saturated carbocycles. The van der Waals surface area contributed by atoms with E-state index in [2.05, 4.69) is 41.5 Å². The van der Waals surface area contributed by atoms with Crippen molar-refractivity contribution in [2.24, 2.45) is 0 Å². The van der Waals surface area contributed by atoms with Gasteiger partial charge in [0.05, 0.1) is 11.1 Å². The van der Waals surface area contributed by atoms with Crippen LogP contribution in [0.15, 0.2) is 72.8 Å². The van der Waals surface area contributed by atoms with Gasteiger partial charge in [-0.25, -0.2) is 9.59 Å². The van der Waals surface area contributed by atoms with Gasteiger partial charge in [0.15, 0.2) is 0 Å². The van der Waals surface area contributed by atoms with Crippen molar-refractivity contribution in [1.82, 2.24) is 0 Å². The Balaban J connectivity index is 1.75. The van der Waals surface area contributed by atoms with Crippen molar-refractivity contribution >= 4 is 11.9 Å². The number of ether oxygens (including phenoxy) is 2. The van der Waals surface area contributed by atoms with Gasteiger partial charge in [-0.15, -0.1) is 0 Å².